The number of aromatic nitrogens is 10. The van der Waals surface area contributed by atoms with Crippen molar-refractivity contribution in [2.75, 3.05) is 33.0 Å². The maximum Gasteiger partial charge on any atom is 0.371 e. The fourth-order valence-electron chi connectivity index (χ4n) is 14.6. The zero-order valence-electron chi connectivity index (χ0n) is 81.1. The molecule has 0 saturated carbocycles. The van der Waals surface area contributed by atoms with Crippen LogP contribution >= 0.6 is 76.0 Å². The third-order valence-electron chi connectivity index (χ3n) is 23.4. The SMILES string of the molecule is CCCCCCCCCCOc1ccc2c(c1)ncn2CC(O)(P(=O)(O)O)P(=O)(O)O.CCCCCCCCCOc1ccc2c(c1)ncn2CC(O)(P(=O)(O)O)P(=O)(O)O.CCCCCCCCOc1ccc2c(c1)ncn2CC(O)(P(=O)(O)O)P(=O)(O)O.CCCCCCCOc1ccc2c(c1)ncn2CC(O)(P(=O)(O)O)P(=O)(O)O.CCCCCCOc1ccc2c(c1)ncn2CC(O)(P(=O)(O)O)P(=O)(O)O. The van der Waals surface area contributed by atoms with Gasteiger partial charge in [-0.1, -0.05) is 195 Å². The minimum absolute atomic E-state index is 0.341. The minimum Gasteiger partial charge on any atom is -0.494 e. The molecule has 50 nitrogen and oxygen atoms in total. The Bertz CT molecular complexity index is 6130. The molecule has 5 heterocycles. The number of benzene rings is 5. The van der Waals surface area contributed by atoms with Crippen molar-refractivity contribution in [3.8, 4) is 28.7 Å². The Morgan fingerprint density at radius 2 is 0.331 bits per heavy atom. The van der Waals surface area contributed by atoms with Crippen LogP contribution in [0.1, 0.15) is 227 Å². The summed E-state index contributed by atoms with van der Waals surface area (Å²) in [5, 5.41) is 32.7. The number of rotatable bonds is 60. The monoisotopic (exact) mass is 2250 g/mol. The summed E-state index contributed by atoms with van der Waals surface area (Å²) in [4.78, 5) is 206. The average Bonchev–Trinajstić information content (AvgIpc) is 1.72. The van der Waals surface area contributed by atoms with Crippen LogP contribution in [0.15, 0.2) is 123 Å². The summed E-state index contributed by atoms with van der Waals surface area (Å²) in [5.41, 5.74) is 3.75. The molecule has 10 rings (SSSR count). The maximum absolute atomic E-state index is 11.6. The van der Waals surface area contributed by atoms with Crippen LogP contribution in [0.2, 0.25) is 0 Å². The predicted molar refractivity (Wildman–Crippen MR) is 538 cm³/mol. The topological polar surface area (TPSA) is 812 Å². The summed E-state index contributed by atoms with van der Waals surface area (Å²) < 4.78 is 149. The second-order valence-electron chi connectivity index (χ2n) is 35.0. The quantitative estimate of drug-likeness (QED) is 0.0124. The van der Waals surface area contributed by atoms with Crippen molar-refractivity contribution in [1.29, 1.82) is 0 Å². The van der Waals surface area contributed by atoms with Crippen LogP contribution in [-0.4, -0.2) is 230 Å². The van der Waals surface area contributed by atoms with E-state index in [4.69, 9.17) is 23.7 Å². The number of ether oxygens (including phenoxy) is 5. The lowest BCUT2D eigenvalue weighted by atomic mass is 10.1. The van der Waals surface area contributed by atoms with Crippen molar-refractivity contribution in [2.45, 2.75) is 285 Å². The smallest absolute Gasteiger partial charge is 0.371 e. The molecule has 25 N–H and O–H groups in total. The van der Waals surface area contributed by atoms with Gasteiger partial charge in [-0.3, -0.25) is 45.7 Å². The summed E-state index contributed by atoms with van der Waals surface area (Å²) in [7, 11) is -55.5. The van der Waals surface area contributed by atoms with Gasteiger partial charge in [0.2, 0.25) is 0 Å². The summed E-state index contributed by atoms with van der Waals surface area (Å²) >= 11 is 0. The summed E-state index contributed by atoms with van der Waals surface area (Å²) in [6.07, 6.45) is 40.0. The minimum atomic E-state index is -5.55. The largest absolute Gasteiger partial charge is 0.494 e. The van der Waals surface area contributed by atoms with E-state index in [-0.39, 0.29) is 0 Å². The molecule has 0 aliphatic rings. The molecular weight excluding hydrogens is 2110 g/mol. The van der Waals surface area contributed by atoms with Crippen molar-refractivity contribution >= 4 is 131 Å². The third-order valence-corrected chi connectivity index (χ3v) is 41.9. The molecule has 0 radical (unpaired) electrons. The lowest BCUT2D eigenvalue weighted by Gasteiger charge is -2.29. The van der Waals surface area contributed by atoms with Crippen molar-refractivity contribution in [1.82, 2.24) is 47.8 Å². The molecule has 0 bridgehead atoms. The molecule has 0 aliphatic carbocycles. The van der Waals surface area contributed by atoms with Gasteiger partial charge in [-0.25, -0.2) is 24.9 Å². The van der Waals surface area contributed by atoms with Gasteiger partial charge < -0.3 is 170 Å². The van der Waals surface area contributed by atoms with Crippen LogP contribution in [0.25, 0.3) is 55.2 Å². The molecule has 5 aromatic carbocycles. The highest BCUT2D eigenvalue weighted by atomic mass is 31.3. The molecule has 0 amide bonds. The number of hydrogen-bond acceptors (Lipinski definition) is 25. The Hall–Kier alpha value is -6.25. The average molecular weight is 2250 g/mol. The Morgan fingerprint density at radius 3 is 0.462 bits per heavy atom. The normalized spacial score (nSPS) is 13.2. The van der Waals surface area contributed by atoms with Crippen LogP contribution in [0, 0.1) is 0 Å². The van der Waals surface area contributed by atoms with E-state index < -0.39 is 134 Å². The maximum atomic E-state index is 11.6. The Labute approximate surface area is 837 Å². The van der Waals surface area contributed by atoms with Crippen LogP contribution < -0.4 is 23.7 Å². The molecule has 10 aromatic rings. The van der Waals surface area contributed by atoms with Crippen molar-refractivity contribution in [3.05, 3.63) is 123 Å². The predicted octanol–water partition coefficient (Wildman–Crippen LogP) is 13.9. The molecule has 0 unspecified atom stereocenters. The second kappa shape index (κ2) is 56.4. The first-order valence-electron chi connectivity index (χ1n) is 47.0. The molecule has 0 saturated heterocycles. The van der Waals surface area contributed by atoms with E-state index in [1.807, 2.05) is 0 Å². The van der Waals surface area contributed by atoms with Gasteiger partial charge in [-0.15, -0.1) is 0 Å². The van der Waals surface area contributed by atoms with E-state index >= 15 is 0 Å². The van der Waals surface area contributed by atoms with E-state index in [9.17, 15) is 169 Å². The highest BCUT2D eigenvalue weighted by molar-refractivity contribution is 7.74. The zero-order chi connectivity index (χ0) is 109. The first-order valence-corrected chi connectivity index (χ1v) is 63.2. The summed E-state index contributed by atoms with van der Waals surface area (Å²) in [6.45, 7) is 8.47. The molecular formula is C85H140N10O40P10. The van der Waals surface area contributed by atoms with Crippen LogP contribution in [-0.2, 0) is 78.4 Å². The van der Waals surface area contributed by atoms with Gasteiger partial charge >= 0.3 is 76.0 Å². The van der Waals surface area contributed by atoms with E-state index in [1.165, 1.54) is 109 Å². The van der Waals surface area contributed by atoms with E-state index in [0.29, 0.717) is 117 Å². The van der Waals surface area contributed by atoms with Crippen molar-refractivity contribution in [2.24, 2.45) is 0 Å². The first-order chi connectivity index (χ1) is 67.5. The van der Waals surface area contributed by atoms with Crippen LogP contribution in [0.3, 0.4) is 0 Å². The summed E-state index contributed by atoms with van der Waals surface area (Å²) in [5.74, 6) is 2.83. The van der Waals surface area contributed by atoms with Gasteiger partial charge in [0.15, 0.2) is 0 Å². The fourth-order valence-corrected chi connectivity index (χ4v) is 24.7. The van der Waals surface area contributed by atoms with E-state index in [0.717, 1.165) is 138 Å². The lowest BCUT2D eigenvalue weighted by molar-refractivity contribution is 0.116. The number of imidazole rings is 5. The standard InChI is InChI=1S/C19H32N2O8P2.C18H30N2O8P2.C17H28N2O8P2.C16H26N2O8P2.C15H24N2O8P2/c1-2-3-4-5-6-7-8-9-12-29-16-10-11-18-17(13-16)20-15-21(18)14-19(22,30(23,24)25)31(26,27)28;1-2-3-4-5-6-7-8-11-28-15-9-10-17-16(12-15)19-14-20(17)13-18(21,29(22,23)24)30(25,26)27;1-2-3-4-5-6-7-10-27-14-8-9-16-15(11-14)18-13-19(16)12-17(20,28(21,22)23)29(24,25)26;1-2-3-4-5-6-9-26-13-7-8-15-14(10-13)17-12-18(15)11-16(19,27(20,21)22)28(23,24)25;1-2-3-4-5-8-25-12-6-7-14-13(9-12)16-11-17(14)10-15(18,26(19,20)21)27(22,23)24/h10-11,13,15,22H,2-9,12,14H2,1H3,(H2,23,24,25)(H2,26,27,28);9-10,12,14,21H,2-8,11,13H2,1H3,(H2,22,23,24)(H2,25,26,27);8-9,11,13,20H,2-7,10,12H2,1H3,(H2,21,22,23)(H2,24,25,26);7-8,10,12,19H,2-6,9,11H2,1H3,(H2,20,21,22)(H2,23,24,25);6-7,9,11,18H,2-5,8,10H2,1H3,(H2,19,20,21)(H2,22,23,24). The van der Waals surface area contributed by atoms with Gasteiger partial charge in [0.1, 0.15) is 28.7 Å². The highest BCUT2D eigenvalue weighted by Crippen LogP contribution is 2.72. The second-order valence-corrected chi connectivity index (χ2v) is 55.1. The van der Waals surface area contributed by atoms with Crippen molar-refractivity contribution < 1.29 is 193 Å². The van der Waals surface area contributed by atoms with Gasteiger partial charge in [-0.2, -0.15) is 0 Å². The van der Waals surface area contributed by atoms with Gasteiger partial charge in [0.05, 0.1) is 153 Å². The number of nitrogens with zero attached hydrogens (tertiary/aromatic N) is 10. The molecule has 0 fully saturated rings. The molecule has 60 heteroatoms. The zero-order valence-corrected chi connectivity index (χ0v) is 90.0. The Morgan fingerprint density at radius 1 is 0.207 bits per heavy atom. The number of fused-ring (bicyclic) bond motifs is 5. The van der Waals surface area contributed by atoms with Crippen LogP contribution in [0.4, 0.5) is 0 Å². The third kappa shape index (κ3) is 36.5. The molecule has 820 valence electrons. The first kappa shape index (κ1) is 127. The fraction of sp³-hybridized carbons (Fsp3) is 0.588. The van der Waals surface area contributed by atoms with Gasteiger partial charge in [-0.05, 0) is 92.8 Å². The lowest BCUT2D eigenvalue weighted by Crippen LogP contribution is -2.33. The molecule has 0 spiro atoms. The number of hydrogen-bond donors (Lipinski definition) is 25. The Balaban J connectivity index is 0.000000277. The van der Waals surface area contributed by atoms with E-state index in [1.54, 1.807) is 91.0 Å². The number of unbranched alkanes of at least 4 members (excludes halogenated alkanes) is 25. The van der Waals surface area contributed by atoms with E-state index in [2.05, 4.69) is 59.5 Å². The van der Waals surface area contributed by atoms with Crippen LogP contribution in [0.5, 0.6) is 28.7 Å². The van der Waals surface area contributed by atoms with Crippen molar-refractivity contribution in [3.63, 3.8) is 0 Å². The molecule has 145 heavy (non-hydrogen) atoms. The molecule has 5 aromatic heterocycles. The van der Waals surface area contributed by atoms with Gasteiger partial charge in [0, 0.05) is 30.3 Å². The van der Waals surface area contributed by atoms with Gasteiger partial charge in [0.25, 0.3) is 25.4 Å². The highest BCUT2D eigenvalue weighted by Gasteiger charge is 2.64. The molecule has 0 atom stereocenters. The summed E-state index contributed by atoms with van der Waals surface area (Å²) in [6, 6.07) is 24.0. The number of aliphatic hydroxyl groups is 5. The molecule has 0 aliphatic heterocycles. The Kier molecular flexibility index (Phi) is 49.5.